The van der Waals surface area contributed by atoms with Crippen LogP contribution < -0.4 is 9.47 Å². The molecule has 30 heavy (non-hydrogen) atoms. The van der Waals surface area contributed by atoms with Crippen LogP contribution in [-0.4, -0.2) is 29.6 Å². The Kier molecular flexibility index (Phi) is 6.28. The molecular weight excluding hydrogens is 402 g/mol. The molecule has 0 aliphatic carbocycles. The molecule has 1 aliphatic heterocycles. The quantitative estimate of drug-likeness (QED) is 0.394. The van der Waals surface area contributed by atoms with Gasteiger partial charge < -0.3 is 18.7 Å². The van der Waals surface area contributed by atoms with Crippen LogP contribution in [0.1, 0.15) is 25.1 Å². The Morgan fingerprint density at radius 3 is 2.60 bits per heavy atom. The van der Waals surface area contributed by atoms with E-state index in [0.29, 0.717) is 35.7 Å². The zero-order valence-corrected chi connectivity index (χ0v) is 17.7. The summed E-state index contributed by atoms with van der Waals surface area (Å²) in [5.41, 5.74) is 2.30. The van der Waals surface area contributed by atoms with E-state index in [1.807, 2.05) is 42.5 Å². The van der Waals surface area contributed by atoms with Crippen molar-refractivity contribution in [2.45, 2.75) is 37.0 Å². The highest BCUT2D eigenvalue weighted by Gasteiger charge is 2.15. The van der Waals surface area contributed by atoms with Gasteiger partial charge in [0.1, 0.15) is 25.5 Å². The largest absolute Gasteiger partial charge is 0.486 e. The minimum Gasteiger partial charge on any atom is -0.486 e. The first-order chi connectivity index (χ1) is 14.6. The number of thioether (sulfide) groups is 1. The molecule has 0 bridgehead atoms. The highest BCUT2D eigenvalue weighted by Crippen LogP contribution is 2.34. The highest BCUT2D eigenvalue weighted by atomic mass is 32.2. The van der Waals surface area contributed by atoms with E-state index < -0.39 is 0 Å². The van der Waals surface area contributed by atoms with Gasteiger partial charge in [0.2, 0.25) is 0 Å². The molecule has 0 fully saturated rings. The Bertz CT molecular complexity index is 1010. The minimum absolute atomic E-state index is 0.0637. The van der Waals surface area contributed by atoms with Crippen molar-refractivity contribution in [2.24, 2.45) is 0 Å². The maximum absolute atomic E-state index is 12.2. The van der Waals surface area contributed by atoms with Gasteiger partial charge in [-0.2, -0.15) is 0 Å². The van der Waals surface area contributed by atoms with Crippen LogP contribution in [0.15, 0.2) is 57.9 Å². The van der Waals surface area contributed by atoms with Gasteiger partial charge in [-0.3, -0.25) is 4.79 Å². The van der Waals surface area contributed by atoms with E-state index in [0.717, 1.165) is 16.9 Å². The summed E-state index contributed by atoms with van der Waals surface area (Å²) in [4.78, 5) is 13.4. The topological polar surface area (TPSA) is 70.8 Å². The summed E-state index contributed by atoms with van der Waals surface area (Å²) in [5, 5.41) is 4.52. The lowest BCUT2D eigenvalue weighted by molar-refractivity contribution is -0.144. The van der Waals surface area contributed by atoms with Gasteiger partial charge in [0.05, 0.1) is 6.42 Å². The van der Waals surface area contributed by atoms with Crippen molar-refractivity contribution < 1.29 is 23.5 Å². The first-order valence-electron chi connectivity index (χ1n) is 9.83. The van der Waals surface area contributed by atoms with E-state index in [1.54, 1.807) is 17.8 Å². The lowest BCUT2D eigenvalue weighted by Gasteiger charge is -2.18. The fourth-order valence-corrected chi connectivity index (χ4v) is 3.88. The molecule has 0 atom stereocenters. The summed E-state index contributed by atoms with van der Waals surface area (Å²) in [6.45, 7) is 5.44. The van der Waals surface area contributed by atoms with Crippen LogP contribution >= 0.6 is 11.8 Å². The molecule has 156 valence electrons. The molecule has 7 heteroatoms. The third-order valence-electron chi connectivity index (χ3n) is 4.41. The van der Waals surface area contributed by atoms with Gasteiger partial charge >= 0.3 is 5.97 Å². The average Bonchev–Trinajstić information content (AvgIpc) is 3.22. The first kappa shape index (κ1) is 20.3. The van der Waals surface area contributed by atoms with E-state index >= 15 is 0 Å². The van der Waals surface area contributed by atoms with Crippen molar-refractivity contribution >= 4 is 17.7 Å². The van der Waals surface area contributed by atoms with Crippen molar-refractivity contribution in [3.63, 3.8) is 0 Å². The Morgan fingerprint density at radius 2 is 1.83 bits per heavy atom. The van der Waals surface area contributed by atoms with Gasteiger partial charge in [-0.25, -0.2) is 0 Å². The predicted molar refractivity (Wildman–Crippen MR) is 114 cm³/mol. The number of rotatable bonds is 7. The molecule has 2 aromatic carbocycles. The van der Waals surface area contributed by atoms with Gasteiger partial charge in [0.25, 0.3) is 0 Å². The SMILES string of the molecule is CC(C)Sc1ccc(CC(=O)OCc2cc(-c3ccc4c(c3)OCCO4)on2)cc1. The molecule has 2 heterocycles. The second-order valence-electron chi connectivity index (χ2n) is 7.19. The minimum atomic E-state index is -0.303. The Morgan fingerprint density at radius 1 is 1.07 bits per heavy atom. The average molecular weight is 426 g/mol. The van der Waals surface area contributed by atoms with E-state index in [-0.39, 0.29) is 19.0 Å². The number of hydrogen-bond donors (Lipinski definition) is 0. The second-order valence-corrected chi connectivity index (χ2v) is 8.84. The maximum atomic E-state index is 12.2. The highest BCUT2D eigenvalue weighted by molar-refractivity contribution is 7.99. The third kappa shape index (κ3) is 5.16. The molecule has 6 nitrogen and oxygen atoms in total. The molecule has 3 aromatic rings. The number of nitrogens with zero attached hydrogens (tertiary/aromatic N) is 1. The molecule has 0 amide bonds. The Balaban J connectivity index is 1.31. The monoisotopic (exact) mass is 425 g/mol. The second kappa shape index (κ2) is 9.26. The van der Waals surface area contributed by atoms with Gasteiger partial charge in [-0.05, 0) is 35.9 Å². The van der Waals surface area contributed by atoms with Gasteiger partial charge in [0, 0.05) is 21.8 Å². The molecule has 0 radical (unpaired) electrons. The molecule has 4 rings (SSSR count). The number of fused-ring (bicyclic) bond motifs is 1. The maximum Gasteiger partial charge on any atom is 0.310 e. The number of carbonyl (C=O) groups is 1. The summed E-state index contributed by atoms with van der Waals surface area (Å²) in [6, 6.07) is 15.3. The Labute approximate surface area is 179 Å². The van der Waals surface area contributed by atoms with Gasteiger partial charge in [-0.1, -0.05) is 31.1 Å². The van der Waals surface area contributed by atoms with Crippen LogP contribution in [0.4, 0.5) is 0 Å². The molecule has 0 unspecified atom stereocenters. The molecule has 0 saturated heterocycles. The number of hydrogen-bond acceptors (Lipinski definition) is 7. The fraction of sp³-hybridized carbons (Fsp3) is 0.304. The van der Waals surface area contributed by atoms with Crippen molar-refractivity contribution in [1.29, 1.82) is 0 Å². The predicted octanol–water partition coefficient (Wildman–Crippen LogP) is 4.90. The van der Waals surface area contributed by atoms with Crippen LogP contribution in [0, 0.1) is 0 Å². The number of benzene rings is 2. The summed E-state index contributed by atoms with van der Waals surface area (Å²) >= 11 is 1.79. The molecule has 1 aliphatic rings. The fourth-order valence-electron chi connectivity index (χ4n) is 3.04. The van der Waals surface area contributed by atoms with E-state index in [9.17, 15) is 4.79 Å². The molecule has 0 spiro atoms. The summed E-state index contributed by atoms with van der Waals surface area (Å²) < 4.78 is 21.9. The summed E-state index contributed by atoms with van der Waals surface area (Å²) in [5.74, 6) is 1.68. The van der Waals surface area contributed by atoms with Crippen LogP contribution in [0.5, 0.6) is 11.5 Å². The van der Waals surface area contributed by atoms with E-state index in [2.05, 4.69) is 19.0 Å². The third-order valence-corrected chi connectivity index (χ3v) is 5.43. The Hall–Kier alpha value is -2.93. The van der Waals surface area contributed by atoms with Crippen LogP contribution in [0.25, 0.3) is 11.3 Å². The zero-order valence-electron chi connectivity index (χ0n) is 16.9. The summed E-state index contributed by atoms with van der Waals surface area (Å²) in [7, 11) is 0. The van der Waals surface area contributed by atoms with Crippen molar-refractivity contribution in [1.82, 2.24) is 5.16 Å². The molecular formula is C23H23NO5S. The lowest BCUT2D eigenvalue weighted by Crippen LogP contribution is -2.15. The number of aromatic nitrogens is 1. The van der Waals surface area contributed by atoms with Crippen molar-refractivity contribution in [3.8, 4) is 22.8 Å². The van der Waals surface area contributed by atoms with Crippen molar-refractivity contribution in [2.75, 3.05) is 13.2 Å². The van der Waals surface area contributed by atoms with Crippen molar-refractivity contribution in [3.05, 3.63) is 59.8 Å². The number of esters is 1. The molecule has 0 N–H and O–H groups in total. The van der Waals surface area contributed by atoms with E-state index in [1.165, 1.54) is 4.90 Å². The normalized spacial score (nSPS) is 12.8. The van der Waals surface area contributed by atoms with E-state index in [4.69, 9.17) is 18.7 Å². The molecule has 0 saturated carbocycles. The van der Waals surface area contributed by atoms with Crippen LogP contribution in [-0.2, 0) is 22.6 Å². The molecule has 1 aromatic heterocycles. The summed E-state index contributed by atoms with van der Waals surface area (Å²) in [6.07, 6.45) is 0.222. The smallest absolute Gasteiger partial charge is 0.310 e. The zero-order chi connectivity index (χ0) is 20.9. The van der Waals surface area contributed by atoms with Crippen LogP contribution in [0.3, 0.4) is 0 Å². The van der Waals surface area contributed by atoms with Gasteiger partial charge in [0.15, 0.2) is 17.3 Å². The standard InChI is InChI=1S/C23H23NO5S/c1-15(2)30-19-6-3-16(4-7-19)11-23(25)28-14-18-13-21(29-24-18)17-5-8-20-22(12-17)27-10-9-26-20/h3-8,12-13,15H,9-11,14H2,1-2H3. The first-order valence-corrected chi connectivity index (χ1v) is 10.7. The lowest BCUT2D eigenvalue weighted by atomic mass is 10.1. The number of carbonyl (C=O) groups excluding carboxylic acids is 1. The number of ether oxygens (including phenoxy) is 3. The van der Waals surface area contributed by atoms with Gasteiger partial charge in [-0.15, -0.1) is 11.8 Å². The van der Waals surface area contributed by atoms with Crippen LogP contribution in [0.2, 0.25) is 0 Å².